The van der Waals surface area contributed by atoms with E-state index in [0.29, 0.717) is 16.7 Å². The molecule has 2 heterocycles. The predicted octanol–water partition coefficient (Wildman–Crippen LogP) is 3.39. The maximum atomic E-state index is 14.1. The Labute approximate surface area is 119 Å². The van der Waals surface area contributed by atoms with Crippen molar-refractivity contribution in [3.63, 3.8) is 0 Å². The smallest absolute Gasteiger partial charge is 0.257 e. The van der Waals surface area contributed by atoms with Gasteiger partial charge in [0.25, 0.3) is 5.95 Å². The largest absolute Gasteiger partial charge is 0.493 e. The van der Waals surface area contributed by atoms with Gasteiger partial charge in [-0.05, 0) is 12.1 Å². The molecule has 0 spiro atoms. The minimum atomic E-state index is -0.703. The van der Waals surface area contributed by atoms with Crippen molar-refractivity contribution in [3.8, 4) is 17.1 Å². The molecule has 0 saturated carbocycles. The van der Waals surface area contributed by atoms with E-state index in [9.17, 15) is 9.50 Å². The second-order valence-corrected chi connectivity index (χ2v) is 4.70. The molecule has 21 heavy (non-hydrogen) atoms. The minimum absolute atomic E-state index is 0.0186. The van der Waals surface area contributed by atoms with Gasteiger partial charge >= 0.3 is 0 Å². The molecule has 0 aliphatic heterocycles. The highest BCUT2D eigenvalue weighted by atomic mass is 19.1. The Morgan fingerprint density at radius 1 is 0.905 bits per heavy atom. The monoisotopic (exact) mass is 279 g/mol. The molecule has 102 valence electrons. The van der Waals surface area contributed by atoms with Crippen LogP contribution >= 0.6 is 0 Å². The number of fused-ring (bicyclic) bond motifs is 3. The topological polar surface area (TPSA) is 50.4 Å². The molecule has 5 heteroatoms. The molecule has 2 aromatic carbocycles. The Hall–Kier alpha value is -2.95. The number of nitrogens with zero attached hydrogens (tertiary/aromatic N) is 3. The number of benzene rings is 2. The summed E-state index contributed by atoms with van der Waals surface area (Å²) in [5.41, 5.74) is 2.16. The number of rotatable bonds is 1. The van der Waals surface area contributed by atoms with Gasteiger partial charge in [0, 0.05) is 5.56 Å². The highest BCUT2D eigenvalue weighted by molar-refractivity contribution is 5.81. The number of aromatic hydroxyl groups is 1. The lowest BCUT2D eigenvalue weighted by Crippen LogP contribution is -1.95. The van der Waals surface area contributed by atoms with Crippen LogP contribution in [0, 0.1) is 5.95 Å². The van der Waals surface area contributed by atoms with E-state index < -0.39 is 5.95 Å². The summed E-state index contributed by atoms with van der Waals surface area (Å²) in [7, 11) is 0. The zero-order chi connectivity index (χ0) is 14.4. The lowest BCUT2D eigenvalue weighted by molar-refractivity contribution is 0.451. The van der Waals surface area contributed by atoms with Gasteiger partial charge in [0.2, 0.25) is 5.88 Å². The number of halogens is 1. The van der Waals surface area contributed by atoms with Crippen molar-refractivity contribution in [1.82, 2.24) is 14.4 Å². The molecule has 4 rings (SSSR count). The first-order valence-electron chi connectivity index (χ1n) is 6.47. The summed E-state index contributed by atoms with van der Waals surface area (Å²) in [5, 5.41) is 10.5. The quantitative estimate of drug-likeness (QED) is 0.581. The molecule has 0 aliphatic carbocycles. The Morgan fingerprint density at radius 3 is 2.43 bits per heavy atom. The molecular formula is C16H10FN3O. The molecule has 0 amide bonds. The fraction of sp³-hybridized carbons (Fsp3) is 0. The SMILES string of the molecule is Oc1c(-c2ccccc2)nc2c(F)nc3ccccc3n12. The van der Waals surface area contributed by atoms with Gasteiger partial charge in [0.05, 0.1) is 11.0 Å². The molecule has 0 atom stereocenters. The van der Waals surface area contributed by atoms with E-state index in [4.69, 9.17) is 0 Å². The molecule has 0 aliphatic rings. The molecule has 4 aromatic rings. The first kappa shape index (κ1) is 11.8. The molecule has 4 nitrogen and oxygen atoms in total. The molecule has 0 unspecified atom stereocenters. The van der Waals surface area contributed by atoms with Gasteiger partial charge in [-0.3, -0.25) is 4.40 Å². The Kier molecular flexibility index (Phi) is 2.41. The third-order valence-corrected chi connectivity index (χ3v) is 3.43. The maximum Gasteiger partial charge on any atom is 0.257 e. The van der Waals surface area contributed by atoms with Crippen LogP contribution in [-0.2, 0) is 0 Å². The van der Waals surface area contributed by atoms with Gasteiger partial charge in [-0.25, -0.2) is 9.97 Å². The van der Waals surface area contributed by atoms with Crippen LogP contribution in [0.4, 0.5) is 4.39 Å². The van der Waals surface area contributed by atoms with E-state index in [1.54, 1.807) is 18.2 Å². The van der Waals surface area contributed by atoms with Crippen LogP contribution in [0.5, 0.6) is 5.88 Å². The second-order valence-electron chi connectivity index (χ2n) is 4.70. The van der Waals surface area contributed by atoms with Gasteiger partial charge in [0.15, 0.2) is 5.65 Å². The highest BCUT2D eigenvalue weighted by Crippen LogP contribution is 2.32. The van der Waals surface area contributed by atoms with E-state index in [1.165, 1.54) is 4.40 Å². The van der Waals surface area contributed by atoms with Gasteiger partial charge in [-0.15, -0.1) is 0 Å². The molecule has 0 bridgehead atoms. The lowest BCUT2D eigenvalue weighted by Gasteiger charge is -2.03. The Morgan fingerprint density at radius 2 is 1.62 bits per heavy atom. The summed E-state index contributed by atoms with van der Waals surface area (Å²) < 4.78 is 15.5. The summed E-state index contributed by atoms with van der Waals surface area (Å²) in [6.45, 7) is 0. The first-order chi connectivity index (χ1) is 10.3. The number of aromatic nitrogens is 3. The summed E-state index contributed by atoms with van der Waals surface area (Å²) in [6, 6.07) is 16.2. The summed E-state index contributed by atoms with van der Waals surface area (Å²) in [4.78, 5) is 8.10. The van der Waals surface area contributed by atoms with Crippen molar-refractivity contribution >= 4 is 16.7 Å². The first-order valence-corrected chi connectivity index (χ1v) is 6.47. The summed E-state index contributed by atoms with van der Waals surface area (Å²) in [6.07, 6.45) is 0. The van der Waals surface area contributed by atoms with Gasteiger partial charge < -0.3 is 5.11 Å². The maximum absolute atomic E-state index is 14.1. The zero-order valence-corrected chi connectivity index (χ0v) is 10.9. The van der Waals surface area contributed by atoms with Crippen molar-refractivity contribution in [2.45, 2.75) is 0 Å². The highest BCUT2D eigenvalue weighted by Gasteiger charge is 2.18. The predicted molar refractivity (Wildman–Crippen MR) is 77.6 cm³/mol. The summed E-state index contributed by atoms with van der Waals surface area (Å²) >= 11 is 0. The third kappa shape index (κ3) is 1.67. The number of para-hydroxylation sites is 2. The van der Waals surface area contributed by atoms with Crippen LogP contribution in [0.15, 0.2) is 54.6 Å². The fourth-order valence-electron chi connectivity index (χ4n) is 2.47. The van der Waals surface area contributed by atoms with E-state index >= 15 is 0 Å². The average molecular weight is 279 g/mol. The number of hydrogen-bond donors (Lipinski definition) is 1. The van der Waals surface area contributed by atoms with Gasteiger partial charge in [0.1, 0.15) is 5.69 Å². The standard InChI is InChI=1S/C16H10FN3O/c17-14-15-19-13(10-6-2-1-3-7-10)16(21)20(15)12-9-5-4-8-11(12)18-14/h1-9,21H. The van der Waals surface area contributed by atoms with Crippen LogP contribution in [-0.4, -0.2) is 19.5 Å². The van der Waals surface area contributed by atoms with Crippen LogP contribution in [0.25, 0.3) is 27.9 Å². The van der Waals surface area contributed by atoms with Crippen LogP contribution in [0.3, 0.4) is 0 Å². The Balaban J connectivity index is 2.16. The van der Waals surface area contributed by atoms with Gasteiger partial charge in [-0.1, -0.05) is 42.5 Å². The van der Waals surface area contributed by atoms with E-state index in [-0.39, 0.29) is 11.5 Å². The van der Waals surface area contributed by atoms with Crippen molar-refractivity contribution in [2.75, 3.05) is 0 Å². The molecule has 0 radical (unpaired) electrons. The van der Waals surface area contributed by atoms with Crippen LogP contribution < -0.4 is 0 Å². The second kappa shape index (κ2) is 4.28. The molecule has 2 aromatic heterocycles. The van der Waals surface area contributed by atoms with E-state index in [2.05, 4.69) is 9.97 Å². The van der Waals surface area contributed by atoms with Crippen molar-refractivity contribution < 1.29 is 9.50 Å². The number of hydrogen-bond acceptors (Lipinski definition) is 3. The Bertz CT molecular complexity index is 964. The van der Waals surface area contributed by atoms with Crippen molar-refractivity contribution in [2.24, 2.45) is 0 Å². The van der Waals surface area contributed by atoms with Crippen molar-refractivity contribution in [1.29, 1.82) is 0 Å². The van der Waals surface area contributed by atoms with Gasteiger partial charge in [-0.2, -0.15) is 4.39 Å². The third-order valence-electron chi connectivity index (χ3n) is 3.43. The van der Waals surface area contributed by atoms with E-state index in [0.717, 1.165) is 5.56 Å². The summed E-state index contributed by atoms with van der Waals surface area (Å²) in [5.74, 6) is -0.792. The molecule has 0 fully saturated rings. The van der Waals surface area contributed by atoms with Crippen molar-refractivity contribution in [3.05, 3.63) is 60.5 Å². The van der Waals surface area contributed by atoms with E-state index in [1.807, 2.05) is 36.4 Å². The van der Waals surface area contributed by atoms with Crippen LogP contribution in [0.2, 0.25) is 0 Å². The average Bonchev–Trinajstić information content (AvgIpc) is 2.87. The zero-order valence-electron chi connectivity index (χ0n) is 10.9. The fourth-order valence-corrected chi connectivity index (χ4v) is 2.47. The normalized spacial score (nSPS) is 11.3. The molecular weight excluding hydrogens is 269 g/mol. The van der Waals surface area contributed by atoms with Crippen LogP contribution in [0.1, 0.15) is 0 Å². The minimum Gasteiger partial charge on any atom is -0.493 e. The molecule has 1 N–H and O–H groups in total. The number of imidazole rings is 1. The lowest BCUT2D eigenvalue weighted by atomic mass is 10.2. The molecule has 0 saturated heterocycles.